The van der Waals surface area contributed by atoms with Crippen LogP contribution in [0, 0.1) is 0 Å². The SMILES string of the molecule is CNc1ccccc1C(=O)N1CCCC(n2ccc(C(F)(F)F)n2)C1. The van der Waals surface area contributed by atoms with E-state index >= 15 is 0 Å². The monoisotopic (exact) mass is 352 g/mol. The normalized spacial score (nSPS) is 18.2. The van der Waals surface area contributed by atoms with E-state index in [1.54, 1.807) is 24.1 Å². The molecule has 2 aromatic rings. The van der Waals surface area contributed by atoms with E-state index in [-0.39, 0.29) is 11.9 Å². The maximum absolute atomic E-state index is 12.8. The number of hydrogen-bond donors (Lipinski definition) is 1. The molecule has 2 heterocycles. The predicted molar refractivity (Wildman–Crippen MR) is 87.4 cm³/mol. The molecule has 1 aliphatic heterocycles. The van der Waals surface area contributed by atoms with Crippen LogP contribution in [0.25, 0.3) is 0 Å². The second kappa shape index (κ2) is 6.78. The predicted octanol–water partition coefficient (Wildman–Crippen LogP) is 3.42. The first-order valence-electron chi connectivity index (χ1n) is 8.08. The van der Waals surface area contributed by atoms with Gasteiger partial charge in [0, 0.05) is 32.0 Å². The summed E-state index contributed by atoms with van der Waals surface area (Å²) in [5.41, 5.74) is 0.381. The summed E-state index contributed by atoms with van der Waals surface area (Å²) in [6, 6.07) is 7.90. The van der Waals surface area contributed by atoms with Crippen LogP contribution in [0.5, 0.6) is 0 Å². The lowest BCUT2D eigenvalue weighted by molar-refractivity contribution is -0.141. The molecule has 1 aromatic heterocycles. The van der Waals surface area contributed by atoms with E-state index in [0.29, 0.717) is 25.1 Å². The lowest BCUT2D eigenvalue weighted by atomic mass is 10.0. The molecule has 5 nitrogen and oxygen atoms in total. The Balaban J connectivity index is 1.77. The van der Waals surface area contributed by atoms with Gasteiger partial charge in [0.1, 0.15) is 0 Å². The summed E-state index contributed by atoms with van der Waals surface area (Å²) in [7, 11) is 1.74. The van der Waals surface area contributed by atoms with E-state index < -0.39 is 11.9 Å². The fourth-order valence-corrected chi connectivity index (χ4v) is 3.11. The van der Waals surface area contributed by atoms with Gasteiger partial charge in [-0.3, -0.25) is 9.48 Å². The van der Waals surface area contributed by atoms with Crippen molar-refractivity contribution < 1.29 is 18.0 Å². The summed E-state index contributed by atoms with van der Waals surface area (Å²) < 4.78 is 39.5. The van der Waals surface area contributed by atoms with Gasteiger partial charge in [0.25, 0.3) is 5.91 Å². The number of amides is 1. The van der Waals surface area contributed by atoms with Gasteiger partial charge < -0.3 is 10.2 Å². The van der Waals surface area contributed by atoms with Crippen LogP contribution in [0.1, 0.15) is 34.9 Å². The smallest absolute Gasteiger partial charge is 0.387 e. The van der Waals surface area contributed by atoms with Gasteiger partial charge in [-0.1, -0.05) is 12.1 Å². The van der Waals surface area contributed by atoms with Gasteiger partial charge in [-0.15, -0.1) is 0 Å². The lowest BCUT2D eigenvalue weighted by Crippen LogP contribution is -2.41. The van der Waals surface area contributed by atoms with Crippen LogP contribution in [0.15, 0.2) is 36.5 Å². The van der Waals surface area contributed by atoms with Gasteiger partial charge in [-0.05, 0) is 31.0 Å². The number of anilines is 1. The zero-order valence-electron chi connectivity index (χ0n) is 13.8. The third-order valence-corrected chi connectivity index (χ3v) is 4.38. The number of piperidine rings is 1. The Labute approximate surface area is 143 Å². The minimum absolute atomic E-state index is 0.127. The second-order valence-electron chi connectivity index (χ2n) is 6.02. The number of likely N-dealkylation sites (tertiary alicyclic amines) is 1. The Morgan fingerprint density at radius 3 is 2.72 bits per heavy atom. The third kappa shape index (κ3) is 3.62. The number of benzene rings is 1. The number of alkyl halides is 3. The molecule has 1 aliphatic rings. The summed E-state index contributed by atoms with van der Waals surface area (Å²) in [6.07, 6.45) is -1.71. The van der Waals surface area contributed by atoms with Crippen molar-refractivity contribution in [3.8, 4) is 0 Å². The number of halogens is 3. The Morgan fingerprint density at radius 2 is 2.04 bits per heavy atom. The Kier molecular flexibility index (Phi) is 4.69. The zero-order valence-corrected chi connectivity index (χ0v) is 13.8. The third-order valence-electron chi connectivity index (χ3n) is 4.38. The maximum Gasteiger partial charge on any atom is 0.435 e. The molecule has 0 spiro atoms. The van der Waals surface area contributed by atoms with E-state index in [0.717, 1.165) is 18.2 Å². The van der Waals surface area contributed by atoms with Gasteiger partial charge in [-0.25, -0.2) is 0 Å². The molecule has 0 radical (unpaired) electrons. The quantitative estimate of drug-likeness (QED) is 0.921. The molecule has 25 heavy (non-hydrogen) atoms. The van der Waals surface area contributed by atoms with Crippen LogP contribution in [-0.2, 0) is 6.18 Å². The van der Waals surface area contributed by atoms with Crippen molar-refractivity contribution in [2.75, 3.05) is 25.5 Å². The van der Waals surface area contributed by atoms with Crippen molar-refractivity contribution in [3.63, 3.8) is 0 Å². The average Bonchev–Trinajstić information content (AvgIpc) is 3.12. The molecule has 1 N–H and O–H groups in total. The second-order valence-corrected chi connectivity index (χ2v) is 6.02. The Hall–Kier alpha value is -2.51. The number of nitrogens with zero attached hydrogens (tertiary/aromatic N) is 3. The van der Waals surface area contributed by atoms with E-state index in [2.05, 4.69) is 10.4 Å². The maximum atomic E-state index is 12.8. The first-order valence-corrected chi connectivity index (χ1v) is 8.08. The Morgan fingerprint density at radius 1 is 1.28 bits per heavy atom. The van der Waals surface area contributed by atoms with E-state index in [1.807, 2.05) is 12.1 Å². The largest absolute Gasteiger partial charge is 0.435 e. The number of carbonyl (C=O) groups excluding carboxylic acids is 1. The van der Waals surface area contributed by atoms with Crippen molar-refractivity contribution >= 4 is 11.6 Å². The molecule has 3 rings (SSSR count). The van der Waals surface area contributed by atoms with Crippen molar-refractivity contribution in [3.05, 3.63) is 47.8 Å². The van der Waals surface area contributed by atoms with E-state index in [1.165, 1.54) is 10.9 Å². The van der Waals surface area contributed by atoms with Gasteiger partial charge in [0.05, 0.1) is 11.6 Å². The van der Waals surface area contributed by atoms with Crippen LogP contribution in [0.2, 0.25) is 0 Å². The van der Waals surface area contributed by atoms with Gasteiger partial charge >= 0.3 is 6.18 Å². The van der Waals surface area contributed by atoms with Crippen molar-refractivity contribution in [2.45, 2.75) is 25.1 Å². The van der Waals surface area contributed by atoms with Gasteiger partial charge in [0.2, 0.25) is 0 Å². The molecule has 1 fully saturated rings. The van der Waals surface area contributed by atoms with Crippen LogP contribution in [-0.4, -0.2) is 40.7 Å². The zero-order chi connectivity index (χ0) is 18.0. The molecule has 0 saturated carbocycles. The summed E-state index contributed by atoms with van der Waals surface area (Å²) in [5.74, 6) is -0.127. The first-order chi connectivity index (χ1) is 11.9. The highest BCUT2D eigenvalue weighted by atomic mass is 19.4. The van der Waals surface area contributed by atoms with Crippen molar-refractivity contribution in [2.24, 2.45) is 0 Å². The molecule has 1 unspecified atom stereocenters. The fourth-order valence-electron chi connectivity index (χ4n) is 3.11. The highest BCUT2D eigenvalue weighted by Crippen LogP contribution is 2.30. The average molecular weight is 352 g/mol. The summed E-state index contributed by atoms with van der Waals surface area (Å²) in [4.78, 5) is 14.5. The minimum atomic E-state index is -4.46. The molecule has 1 atom stereocenters. The fraction of sp³-hybridized carbons (Fsp3) is 0.412. The molecule has 1 amide bonds. The van der Waals surface area contributed by atoms with Crippen LogP contribution < -0.4 is 5.32 Å². The van der Waals surface area contributed by atoms with Crippen LogP contribution >= 0.6 is 0 Å². The molecule has 0 aliphatic carbocycles. The molecule has 134 valence electrons. The number of carbonyl (C=O) groups is 1. The molecular formula is C17H19F3N4O. The molecule has 8 heteroatoms. The highest BCUT2D eigenvalue weighted by Gasteiger charge is 2.35. The molecular weight excluding hydrogens is 333 g/mol. The minimum Gasteiger partial charge on any atom is -0.387 e. The van der Waals surface area contributed by atoms with E-state index in [4.69, 9.17) is 0 Å². The number of hydrogen-bond acceptors (Lipinski definition) is 3. The summed E-state index contributed by atoms with van der Waals surface area (Å²) in [6.45, 7) is 0.927. The topological polar surface area (TPSA) is 50.2 Å². The van der Waals surface area contributed by atoms with Crippen molar-refractivity contribution in [1.82, 2.24) is 14.7 Å². The van der Waals surface area contributed by atoms with Crippen molar-refractivity contribution in [1.29, 1.82) is 0 Å². The van der Waals surface area contributed by atoms with E-state index in [9.17, 15) is 18.0 Å². The van der Waals surface area contributed by atoms with Gasteiger partial charge in [-0.2, -0.15) is 18.3 Å². The number of nitrogens with one attached hydrogen (secondary N) is 1. The summed E-state index contributed by atoms with van der Waals surface area (Å²) >= 11 is 0. The molecule has 1 saturated heterocycles. The van der Waals surface area contributed by atoms with Crippen LogP contribution in [0.3, 0.4) is 0 Å². The first kappa shape index (κ1) is 17.3. The van der Waals surface area contributed by atoms with Gasteiger partial charge in [0.15, 0.2) is 5.69 Å². The summed E-state index contributed by atoms with van der Waals surface area (Å²) in [5, 5.41) is 6.64. The standard InChI is InChI=1S/C17H19F3N4O/c1-21-14-7-3-2-6-13(14)16(25)23-9-4-5-12(11-23)24-10-8-15(22-24)17(18,19)20/h2-3,6-8,10,12,21H,4-5,9,11H2,1H3. The lowest BCUT2D eigenvalue weighted by Gasteiger charge is -2.33. The molecule has 0 bridgehead atoms. The highest BCUT2D eigenvalue weighted by molar-refractivity contribution is 5.99. The number of rotatable bonds is 3. The number of para-hydroxylation sites is 1. The van der Waals surface area contributed by atoms with Crippen LogP contribution in [0.4, 0.5) is 18.9 Å². The molecule has 1 aromatic carbocycles. The number of aromatic nitrogens is 2. The Bertz CT molecular complexity index is 756.